The minimum atomic E-state index is 0.0544. The second-order valence-electron chi connectivity index (χ2n) is 2.35. The van der Waals surface area contributed by atoms with Crippen molar-refractivity contribution in [2.75, 3.05) is 13.7 Å². The molecule has 0 aliphatic carbocycles. The van der Waals surface area contributed by atoms with E-state index in [9.17, 15) is 9.59 Å². The molecule has 0 bridgehead atoms. The third-order valence-corrected chi connectivity index (χ3v) is 1.41. The first kappa shape index (κ1) is 12.1. The summed E-state index contributed by atoms with van der Waals surface area (Å²) in [4.78, 5) is 25.1. The second-order valence-corrected chi connectivity index (χ2v) is 2.35. The Bertz CT molecular complexity index is 263. The average molecular weight is 196 g/mol. The van der Waals surface area contributed by atoms with Crippen LogP contribution in [0.25, 0.3) is 0 Å². The van der Waals surface area contributed by atoms with Crippen molar-refractivity contribution in [3.8, 4) is 0 Å². The number of allylic oxidation sites excluding steroid dienone is 1. The molecule has 0 heterocycles. The molecule has 0 spiro atoms. The highest BCUT2D eigenvalue weighted by atomic mass is 16.5. The molecule has 0 aliphatic heterocycles. The zero-order valence-corrected chi connectivity index (χ0v) is 7.97. The Morgan fingerprint density at radius 2 is 2.07 bits per heavy atom. The van der Waals surface area contributed by atoms with Gasteiger partial charge < -0.3 is 4.74 Å². The van der Waals surface area contributed by atoms with Crippen LogP contribution in [0.2, 0.25) is 0 Å². The molecule has 0 aromatic carbocycles. The number of rotatable bonds is 7. The molecule has 0 saturated carbocycles. The molecule has 0 radical (unpaired) electrons. The lowest BCUT2D eigenvalue weighted by Crippen LogP contribution is -2.21. The Labute approximate surface area is 82.4 Å². The van der Waals surface area contributed by atoms with Crippen LogP contribution < -0.4 is 0 Å². The summed E-state index contributed by atoms with van der Waals surface area (Å²) < 4.78 is 4.78. The van der Waals surface area contributed by atoms with Crippen LogP contribution in [0.5, 0.6) is 0 Å². The van der Waals surface area contributed by atoms with Crippen molar-refractivity contribution in [1.29, 1.82) is 0 Å². The van der Waals surface area contributed by atoms with E-state index in [2.05, 4.69) is 18.3 Å². The lowest BCUT2D eigenvalue weighted by atomic mass is 10.3. The fourth-order valence-corrected chi connectivity index (χ4v) is 0.672. The minimum absolute atomic E-state index is 0.0544. The number of carbonyl (C=O) groups is 2. The number of carbonyl (C=O) groups excluding carboxylic acids is 2. The molecule has 0 fully saturated rings. The van der Waals surface area contributed by atoms with Crippen molar-refractivity contribution in [3.05, 3.63) is 24.1 Å². The fourth-order valence-electron chi connectivity index (χ4n) is 0.672. The molecule has 76 valence electrons. The molecule has 5 heteroatoms. The monoisotopic (exact) mass is 196 g/mol. The maximum atomic E-state index is 10.3. The Morgan fingerprint density at radius 3 is 2.43 bits per heavy atom. The first-order chi connectivity index (χ1) is 6.67. The highest BCUT2D eigenvalue weighted by molar-refractivity contribution is 5.69. The van der Waals surface area contributed by atoms with Gasteiger partial charge in [-0.25, -0.2) is 0 Å². The number of methoxy groups -OCH3 is 1. The van der Waals surface area contributed by atoms with Crippen molar-refractivity contribution < 1.29 is 14.3 Å². The van der Waals surface area contributed by atoms with Crippen LogP contribution in [0.3, 0.4) is 0 Å². The Morgan fingerprint density at radius 1 is 1.50 bits per heavy atom. The number of hydrogen-bond acceptors (Lipinski definition) is 4. The van der Waals surface area contributed by atoms with Gasteiger partial charge in [0.2, 0.25) is 12.8 Å². The first-order valence-electron chi connectivity index (χ1n) is 3.74. The molecule has 0 unspecified atom stereocenters. The molecule has 0 atom stereocenters. The van der Waals surface area contributed by atoms with Crippen LogP contribution in [-0.4, -0.2) is 38.1 Å². The summed E-state index contributed by atoms with van der Waals surface area (Å²) >= 11 is 0. The number of amides is 2. The number of ether oxygens (including phenoxy) is 1. The normalized spacial score (nSPS) is 10.2. The van der Waals surface area contributed by atoms with Crippen LogP contribution in [0.4, 0.5) is 0 Å². The lowest BCUT2D eigenvalue weighted by molar-refractivity contribution is -0.128. The van der Waals surface area contributed by atoms with Crippen LogP contribution in [0.15, 0.2) is 29.1 Å². The van der Waals surface area contributed by atoms with E-state index in [0.717, 1.165) is 4.90 Å². The molecule has 0 saturated heterocycles. The summed E-state index contributed by atoms with van der Waals surface area (Å²) in [6.07, 6.45) is 2.30. The van der Waals surface area contributed by atoms with Gasteiger partial charge in [0, 0.05) is 6.08 Å². The Balaban J connectivity index is 4.49. The molecule has 0 aliphatic rings. The lowest BCUT2D eigenvalue weighted by Gasteiger charge is -2.08. The van der Waals surface area contributed by atoms with Gasteiger partial charge in [-0.15, -0.1) is 0 Å². The minimum Gasteiger partial charge on any atom is -0.497 e. The van der Waals surface area contributed by atoms with Crippen molar-refractivity contribution in [2.24, 2.45) is 4.99 Å². The second kappa shape index (κ2) is 6.59. The van der Waals surface area contributed by atoms with E-state index in [4.69, 9.17) is 4.74 Å². The van der Waals surface area contributed by atoms with Crippen molar-refractivity contribution in [1.82, 2.24) is 4.90 Å². The molecule has 0 aromatic heterocycles. The molecule has 14 heavy (non-hydrogen) atoms. The van der Waals surface area contributed by atoms with E-state index in [1.54, 1.807) is 0 Å². The molecule has 0 N–H and O–H groups in total. The molecule has 0 rings (SSSR count). The van der Waals surface area contributed by atoms with Crippen LogP contribution >= 0.6 is 0 Å². The van der Waals surface area contributed by atoms with Gasteiger partial charge in [-0.1, -0.05) is 6.58 Å². The van der Waals surface area contributed by atoms with E-state index in [0.29, 0.717) is 24.3 Å². The van der Waals surface area contributed by atoms with Crippen LogP contribution in [-0.2, 0) is 14.3 Å². The Hall–Kier alpha value is -1.91. The van der Waals surface area contributed by atoms with Gasteiger partial charge in [-0.2, -0.15) is 0 Å². The summed E-state index contributed by atoms with van der Waals surface area (Å²) in [6.45, 7) is 6.89. The van der Waals surface area contributed by atoms with E-state index in [1.165, 1.54) is 13.2 Å². The predicted octanol–water partition coefficient (Wildman–Crippen LogP) is 0.346. The summed E-state index contributed by atoms with van der Waals surface area (Å²) in [5.41, 5.74) is 0.427. The summed E-state index contributed by atoms with van der Waals surface area (Å²) in [5.74, 6) is 0.379. The molecule has 5 nitrogen and oxygen atoms in total. The smallest absolute Gasteiger partial charge is 0.216 e. The van der Waals surface area contributed by atoms with Crippen LogP contribution in [0.1, 0.15) is 0 Å². The van der Waals surface area contributed by atoms with E-state index in [-0.39, 0.29) is 6.54 Å². The molecule has 2 amide bonds. The number of hydrogen-bond donors (Lipinski definition) is 0. The predicted molar refractivity (Wildman–Crippen MR) is 52.6 cm³/mol. The van der Waals surface area contributed by atoms with Crippen LogP contribution in [0, 0.1) is 0 Å². The van der Waals surface area contributed by atoms with E-state index < -0.39 is 0 Å². The number of nitrogens with zero attached hydrogens (tertiary/aromatic N) is 2. The van der Waals surface area contributed by atoms with Gasteiger partial charge in [0.15, 0.2) is 0 Å². The summed E-state index contributed by atoms with van der Waals surface area (Å²) in [7, 11) is 1.46. The fraction of sp³-hybridized carbons (Fsp3) is 0.222. The number of imide groups is 1. The van der Waals surface area contributed by atoms with Gasteiger partial charge in [0.1, 0.15) is 5.76 Å². The topological polar surface area (TPSA) is 59.0 Å². The molecular formula is C9H12N2O3. The first-order valence-corrected chi connectivity index (χ1v) is 3.74. The highest BCUT2D eigenvalue weighted by Crippen LogP contribution is 2.03. The van der Waals surface area contributed by atoms with Crippen molar-refractivity contribution in [3.63, 3.8) is 0 Å². The zero-order chi connectivity index (χ0) is 11.0. The van der Waals surface area contributed by atoms with Gasteiger partial charge in [0.25, 0.3) is 0 Å². The quantitative estimate of drug-likeness (QED) is 0.255. The van der Waals surface area contributed by atoms with E-state index >= 15 is 0 Å². The van der Waals surface area contributed by atoms with Crippen molar-refractivity contribution in [2.45, 2.75) is 0 Å². The third kappa shape index (κ3) is 4.20. The third-order valence-electron chi connectivity index (χ3n) is 1.41. The van der Waals surface area contributed by atoms with Gasteiger partial charge in [-0.05, 0) is 6.72 Å². The highest BCUT2D eigenvalue weighted by Gasteiger charge is 2.02. The van der Waals surface area contributed by atoms with Crippen molar-refractivity contribution >= 4 is 19.5 Å². The van der Waals surface area contributed by atoms with Gasteiger partial charge in [0.05, 0.1) is 19.4 Å². The largest absolute Gasteiger partial charge is 0.497 e. The summed E-state index contributed by atoms with van der Waals surface area (Å²) in [5, 5.41) is 0. The maximum Gasteiger partial charge on any atom is 0.216 e. The SMILES string of the molecule is C=N/C(=C\C(=C)OC)CN(C=O)C=O. The van der Waals surface area contributed by atoms with E-state index in [1.807, 2.05) is 0 Å². The maximum absolute atomic E-state index is 10.3. The zero-order valence-electron chi connectivity index (χ0n) is 7.97. The summed E-state index contributed by atoms with van der Waals surface area (Å²) in [6, 6.07) is 0. The van der Waals surface area contributed by atoms with Gasteiger partial charge in [-0.3, -0.25) is 19.5 Å². The average Bonchev–Trinajstić information content (AvgIpc) is 2.23. The molecule has 0 aromatic rings. The number of aliphatic imine (C=N–C) groups is 1. The molecular weight excluding hydrogens is 184 g/mol. The Kier molecular flexibility index (Phi) is 5.69. The van der Waals surface area contributed by atoms with Gasteiger partial charge >= 0.3 is 0 Å². The standard InChI is InChI=1S/C9H12N2O3/c1-8(14-3)4-9(10-2)5-11(6-12)7-13/h4,6-7H,1-2,5H2,3H3/b9-4-.